The predicted octanol–water partition coefficient (Wildman–Crippen LogP) is 2.95. The molecule has 0 aromatic heterocycles. The van der Waals surface area contributed by atoms with Gasteiger partial charge in [0, 0.05) is 11.8 Å². The van der Waals surface area contributed by atoms with Gasteiger partial charge in [-0.25, -0.2) is 4.79 Å². The quantitative estimate of drug-likeness (QED) is 0.783. The summed E-state index contributed by atoms with van der Waals surface area (Å²) < 4.78 is 15.6. The van der Waals surface area contributed by atoms with E-state index in [1.54, 1.807) is 44.4 Å². The van der Waals surface area contributed by atoms with Gasteiger partial charge in [0.15, 0.2) is 12.7 Å². The smallest absolute Gasteiger partial charge is 0.347 e. The largest absolute Gasteiger partial charge is 0.497 e. The summed E-state index contributed by atoms with van der Waals surface area (Å²) in [4.78, 5) is 23.8. The second kappa shape index (κ2) is 8.73. The molecule has 25 heavy (non-hydrogen) atoms. The molecule has 6 nitrogen and oxygen atoms in total. The third-order valence-electron chi connectivity index (χ3n) is 3.33. The maximum atomic E-state index is 11.9. The first-order valence-electron chi connectivity index (χ1n) is 7.82. The topological polar surface area (TPSA) is 73.9 Å². The lowest BCUT2D eigenvalue weighted by Crippen LogP contribution is -2.29. The van der Waals surface area contributed by atoms with Crippen LogP contribution in [0.4, 0.5) is 5.69 Å². The van der Waals surface area contributed by atoms with Gasteiger partial charge in [0.1, 0.15) is 11.5 Å². The molecule has 1 atom stereocenters. The first-order valence-corrected chi connectivity index (χ1v) is 7.82. The van der Waals surface area contributed by atoms with E-state index in [9.17, 15) is 9.59 Å². The van der Waals surface area contributed by atoms with Crippen LogP contribution in [0.15, 0.2) is 48.5 Å². The van der Waals surface area contributed by atoms with Crippen LogP contribution in [-0.4, -0.2) is 31.7 Å². The van der Waals surface area contributed by atoms with Gasteiger partial charge in [-0.15, -0.1) is 0 Å². The second-order valence-electron chi connectivity index (χ2n) is 5.46. The number of carbonyl (C=O) groups excluding carboxylic acids is 2. The lowest BCUT2D eigenvalue weighted by molar-refractivity contribution is -0.153. The van der Waals surface area contributed by atoms with Gasteiger partial charge >= 0.3 is 5.97 Å². The van der Waals surface area contributed by atoms with Crippen LogP contribution in [0.5, 0.6) is 11.5 Å². The van der Waals surface area contributed by atoms with Crippen molar-refractivity contribution in [2.24, 2.45) is 0 Å². The van der Waals surface area contributed by atoms with E-state index >= 15 is 0 Å². The van der Waals surface area contributed by atoms with Crippen LogP contribution >= 0.6 is 0 Å². The Kier molecular flexibility index (Phi) is 6.39. The van der Waals surface area contributed by atoms with Crippen molar-refractivity contribution in [3.05, 3.63) is 54.1 Å². The molecule has 2 rings (SSSR count). The zero-order valence-electron chi connectivity index (χ0n) is 14.4. The van der Waals surface area contributed by atoms with Crippen molar-refractivity contribution in [3.8, 4) is 11.5 Å². The zero-order chi connectivity index (χ0) is 18.2. The van der Waals surface area contributed by atoms with Crippen LogP contribution in [0.25, 0.3) is 0 Å². The van der Waals surface area contributed by atoms with Crippen LogP contribution in [0.1, 0.15) is 12.5 Å². The number of methoxy groups -OCH3 is 1. The minimum atomic E-state index is -0.814. The van der Waals surface area contributed by atoms with Gasteiger partial charge in [-0.1, -0.05) is 18.2 Å². The molecule has 6 heteroatoms. The maximum absolute atomic E-state index is 11.9. The summed E-state index contributed by atoms with van der Waals surface area (Å²) in [5.41, 5.74) is 1.58. The Morgan fingerprint density at radius 3 is 2.52 bits per heavy atom. The molecule has 0 spiro atoms. The van der Waals surface area contributed by atoms with Gasteiger partial charge in [-0.3, -0.25) is 4.79 Å². The summed E-state index contributed by atoms with van der Waals surface area (Å²) in [7, 11) is 1.54. The third-order valence-corrected chi connectivity index (χ3v) is 3.33. The number of anilines is 1. The number of aryl methyl sites for hydroxylation is 1. The van der Waals surface area contributed by atoms with Crippen molar-refractivity contribution in [2.45, 2.75) is 20.0 Å². The molecule has 0 saturated heterocycles. The molecular formula is C19H21NO5. The molecule has 2 aromatic rings. The van der Waals surface area contributed by atoms with Crippen molar-refractivity contribution >= 4 is 17.6 Å². The van der Waals surface area contributed by atoms with E-state index in [2.05, 4.69) is 5.32 Å². The maximum Gasteiger partial charge on any atom is 0.347 e. The molecule has 1 N–H and O–H groups in total. The van der Waals surface area contributed by atoms with Gasteiger partial charge in [-0.05, 0) is 43.7 Å². The molecule has 0 saturated carbocycles. The lowest BCUT2D eigenvalue weighted by Gasteiger charge is -2.14. The number of hydrogen-bond acceptors (Lipinski definition) is 5. The van der Waals surface area contributed by atoms with Gasteiger partial charge < -0.3 is 19.5 Å². The van der Waals surface area contributed by atoms with E-state index in [1.807, 2.05) is 25.1 Å². The molecule has 0 aliphatic carbocycles. The van der Waals surface area contributed by atoms with Crippen molar-refractivity contribution in [2.75, 3.05) is 19.0 Å². The molecule has 0 aliphatic rings. The fraction of sp³-hybridized carbons (Fsp3) is 0.263. The molecule has 0 fully saturated rings. The van der Waals surface area contributed by atoms with Crippen LogP contribution in [0.2, 0.25) is 0 Å². The highest BCUT2D eigenvalue weighted by Crippen LogP contribution is 2.17. The number of hydrogen-bond donors (Lipinski definition) is 1. The summed E-state index contributed by atoms with van der Waals surface area (Å²) >= 11 is 0. The zero-order valence-corrected chi connectivity index (χ0v) is 14.4. The molecule has 0 unspecified atom stereocenters. The number of amides is 1. The average Bonchev–Trinajstić information content (AvgIpc) is 2.59. The Morgan fingerprint density at radius 2 is 1.80 bits per heavy atom. The van der Waals surface area contributed by atoms with Crippen LogP contribution < -0.4 is 14.8 Å². The van der Waals surface area contributed by atoms with Gasteiger partial charge in [0.05, 0.1) is 7.11 Å². The molecule has 0 heterocycles. The highest BCUT2D eigenvalue weighted by atomic mass is 16.6. The average molecular weight is 343 g/mol. The number of ether oxygens (including phenoxy) is 3. The monoisotopic (exact) mass is 343 g/mol. The Bertz CT molecular complexity index is 744. The van der Waals surface area contributed by atoms with E-state index in [0.29, 0.717) is 17.2 Å². The molecule has 0 radical (unpaired) electrons. The molecule has 0 aliphatic heterocycles. The van der Waals surface area contributed by atoms with Crippen molar-refractivity contribution in [3.63, 3.8) is 0 Å². The van der Waals surface area contributed by atoms with Gasteiger partial charge in [0.25, 0.3) is 5.91 Å². The SMILES string of the molecule is COc1cccc(NC(=O)COC(=O)[C@@H](C)Oc2cccc(C)c2)c1. The van der Waals surface area contributed by atoms with E-state index < -0.39 is 24.6 Å². The summed E-state index contributed by atoms with van der Waals surface area (Å²) in [5.74, 6) is 0.145. The van der Waals surface area contributed by atoms with E-state index in [-0.39, 0.29) is 0 Å². The lowest BCUT2D eigenvalue weighted by atomic mass is 10.2. The van der Waals surface area contributed by atoms with E-state index in [1.165, 1.54) is 0 Å². The van der Waals surface area contributed by atoms with Crippen molar-refractivity contribution in [1.82, 2.24) is 0 Å². The number of carbonyl (C=O) groups is 2. The molecular weight excluding hydrogens is 322 g/mol. The van der Waals surface area contributed by atoms with Gasteiger partial charge in [-0.2, -0.15) is 0 Å². The van der Waals surface area contributed by atoms with E-state index in [4.69, 9.17) is 14.2 Å². The van der Waals surface area contributed by atoms with Crippen LogP contribution in [0.3, 0.4) is 0 Å². The predicted molar refractivity (Wildman–Crippen MR) is 93.9 cm³/mol. The summed E-state index contributed by atoms with van der Waals surface area (Å²) in [5, 5.41) is 2.63. The Balaban J connectivity index is 1.81. The summed E-state index contributed by atoms with van der Waals surface area (Å²) in [6.45, 7) is 3.11. The minimum absolute atomic E-state index is 0.391. The fourth-order valence-corrected chi connectivity index (χ4v) is 2.09. The highest BCUT2D eigenvalue weighted by molar-refractivity contribution is 5.93. The first-order chi connectivity index (χ1) is 12.0. The number of nitrogens with one attached hydrogen (secondary N) is 1. The van der Waals surface area contributed by atoms with Crippen LogP contribution in [0, 0.1) is 6.92 Å². The van der Waals surface area contributed by atoms with Gasteiger partial charge in [0.2, 0.25) is 0 Å². The number of esters is 1. The first kappa shape index (κ1) is 18.3. The second-order valence-corrected chi connectivity index (χ2v) is 5.46. The molecule has 2 aromatic carbocycles. The highest BCUT2D eigenvalue weighted by Gasteiger charge is 2.18. The Labute approximate surface area is 146 Å². The Morgan fingerprint density at radius 1 is 1.08 bits per heavy atom. The number of rotatable bonds is 7. The molecule has 0 bridgehead atoms. The van der Waals surface area contributed by atoms with Crippen molar-refractivity contribution < 1.29 is 23.8 Å². The molecule has 132 valence electrons. The normalized spacial score (nSPS) is 11.3. The standard InChI is InChI=1S/C19H21NO5/c1-13-6-4-9-17(10-13)25-14(2)19(22)24-12-18(21)20-15-7-5-8-16(11-15)23-3/h4-11,14H,12H2,1-3H3,(H,20,21)/t14-/m1/s1. The minimum Gasteiger partial charge on any atom is -0.497 e. The molecule has 1 amide bonds. The Hall–Kier alpha value is -3.02. The third kappa shape index (κ3) is 5.84. The van der Waals surface area contributed by atoms with Crippen LogP contribution in [-0.2, 0) is 14.3 Å². The van der Waals surface area contributed by atoms with Crippen molar-refractivity contribution in [1.29, 1.82) is 0 Å². The summed E-state index contributed by atoms with van der Waals surface area (Å²) in [6, 6.07) is 14.2. The fourth-order valence-electron chi connectivity index (χ4n) is 2.09. The van der Waals surface area contributed by atoms with E-state index in [0.717, 1.165) is 5.56 Å². The number of benzene rings is 2. The summed E-state index contributed by atoms with van der Waals surface area (Å²) in [6.07, 6.45) is -0.814.